The first-order valence-corrected chi connectivity index (χ1v) is 3.74. The molecule has 0 aliphatic rings. The topological polar surface area (TPSA) is 38.0 Å². The molecule has 2 nitrogen and oxygen atoms in total. The molecule has 0 spiro atoms. The van der Waals surface area contributed by atoms with Gasteiger partial charge in [-0.25, -0.2) is 0 Å². The molecule has 0 rings (SSSR count). The number of hydrogen-bond acceptors (Lipinski definition) is 2. The van der Waals surface area contributed by atoms with Crippen LogP contribution in [0.3, 0.4) is 0 Å². The van der Waals surface area contributed by atoms with E-state index in [1.54, 1.807) is 0 Å². The van der Waals surface area contributed by atoms with E-state index in [1.165, 1.54) is 0 Å². The summed E-state index contributed by atoms with van der Waals surface area (Å²) in [6, 6.07) is 0. The summed E-state index contributed by atoms with van der Waals surface area (Å²) in [4.78, 5) is 0. The zero-order valence-corrected chi connectivity index (χ0v) is 6.91. The summed E-state index contributed by atoms with van der Waals surface area (Å²) in [5.74, 6) is 11.5. The van der Waals surface area contributed by atoms with Gasteiger partial charge in [0, 0.05) is 6.42 Å². The Kier molecular flexibility index (Phi) is 8.25. The van der Waals surface area contributed by atoms with Gasteiger partial charge >= 0.3 is 0 Å². The van der Waals surface area contributed by atoms with Crippen molar-refractivity contribution in [1.82, 2.24) is 5.32 Å². The fraction of sp³-hybridized carbons (Fsp3) is 0.556. The van der Waals surface area contributed by atoms with Gasteiger partial charge in [0.05, 0.1) is 19.6 Å². The highest BCUT2D eigenvalue weighted by atomic mass is 14.8. The van der Waals surface area contributed by atoms with E-state index in [1.807, 2.05) is 6.92 Å². The van der Waals surface area contributed by atoms with Gasteiger partial charge in [0.2, 0.25) is 0 Å². The van der Waals surface area contributed by atoms with E-state index >= 15 is 0 Å². The molecule has 0 aromatic heterocycles. The highest BCUT2D eigenvalue weighted by Crippen LogP contribution is 1.65. The third-order valence-corrected chi connectivity index (χ3v) is 0.956. The average Bonchev–Trinajstić information content (AvgIpc) is 2.03. The molecule has 3 N–H and O–H groups in total. The van der Waals surface area contributed by atoms with Crippen LogP contribution in [0.2, 0.25) is 0 Å². The Balaban J connectivity index is 3.14. The maximum Gasteiger partial charge on any atom is 0.0584 e. The minimum Gasteiger partial charge on any atom is -0.320 e. The molecular weight excluding hydrogens is 136 g/mol. The van der Waals surface area contributed by atoms with E-state index in [0.717, 1.165) is 6.42 Å². The third-order valence-electron chi connectivity index (χ3n) is 0.956. The van der Waals surface area contributed by atoms with E-state index in [-0.39, 0.29) is 0 Å². The van der Waals surface area contributed by atoms with Gasteiger partial charge in [0.25, 0.3) is 0 Å². The lowest BCUT2D eigenvalue weighted by Gasteiger charge is -1.88. The summed E-state index contributed by atoms with van der Waals surface area (Å²) in [7, 11) is 0. The van der Waals surface area contributed by atoms with E-state index in [9.17, 15) is 0 Å². The van der Waals surface area contributed by atoms with Crippen LogP contribution in [-0.2, 0) is 0 Å². The van der Waals surface area contributed by atoms with Gasteiger partial charge in [-0.1, -0.05) is 24.7 Å². The molecule has 0 fully saturated rings. The normalized spacial score (nSPS) is 7.45. The standard InChI is InChI=1S/C9H14N2/c1-2-3-5-8-11-9-6-4-7-10/h11H,2,7-10H2,1H3. The van der Waals surface area contributed by atoms with Crippen molar-refractivity contribution in [3.05, 3.63) is 0 Å². The van der Waals surface area contributed by atoms with Crippen molar-refractivity contribution in [1.29, 1.82) is 0 Å². The van der Waals surface area contributed by atoms with Crippen LogP contribution in [0.5, 0.6) is 0 Å². The lowest BCUT2D eigenvalue weighted by atomic mass is 10.4. The average molecular weight is 150 g/mol. The number of nitrogens with two attached hydrogens (primary N) is 1. The van der Waals surface area contributed by atoms with Gasteiger partial charge in [0.1, 0.15) is 0 Å². The Hall–Kier alpha value is -0.960. The second-order valence-electron chi connectivity index (χ2n) is 1.87. The largest absolute Gasteiger partial charge is 0.320 e. The third kappa shape index (κ3) is 9.04. The molecule has 0 aromatic carbocycles. The molecule has 2 heteroatoms. The van der Waals surface area contributed by atoms with E-state index in [0.29, 0.717) is 19.6 Å². The molecule has 0 heterocycles. The summed E-state index contributed by atoms with van der Waals surface area (Å²) < 4.78 is 0. The van der Waals surface area contributed by atoms with Crippen molar-refractivity contribution in [3.8, 4) is 23.7 Å². The first kappa shape index (κ1) is 10.0. The Morgan fingerprint density at radius 3 is 2.27 bits per heavy atom. The monoisotopic (exact) mass is 150 g/mol. The second-order valence-corrected chi connectivity index (χ2v) is 1.87. The predicted molar refractivity (Wildman–Crippen MR) is 47.8 cm³/mol. The van der Waals surface area contributed by atoms with E-state index in [2.05, 4.69) is 29.0 Å². The number of nitrogens with one attached hydrogen (secondary N) is 1. The lowest BCUT2D eigenvalue weighted by molar-refractivity contribution is 0.870. The van der Waals surface area contributed by atoms with Gasteiger partial charge in [-0.3, -0.25) is 5.32 Å². The fourth-order valence-corrected chi connectivity index (χ4v) is 0.510. The quantitative estimate of drug-likeness (QED) is 0.428. The molecule has 0 amide bonds. The Labute approximate surface area is 68.5 Å². The van der Waals surface area contributed by atoms with Crippen LogP contribution in [0.25, 0.3) is 0 Å². The van der Waals surface area contributed by atoms with Crippen LogP contribution >= 0.6 is 0 Å². The zero-order valence-electron chi connectivity index (χ0n) is 6.91. The summed E-state index contributed by atoms with van der Waals surface area (Å²) in [6.07, 6.45) is 0.913. The van der Waals surface area contributed by atoms with E-state index in [4.69, 9.17) is 5.73 Å². The van der Waals surface area contributed by atoms with Crippen molar-refractivity contribution in [2.45, 2.75) is 13.3 Å². The van der Waals surface area contributed by atoms with Crippen molar-refractivity contribution in [2.75, 3.05) is 19.6 Å². The Morgan fingerprint density at radius 2 is 1.73 bits per heavy atom. The maximum absolute atomic E-state index is 5.16. The predicted octanol–water partition coefficient (Wildman–Crippen LogP) is -0.0485. The molecule has 0 aromatic rings. The summed E-state index contributed by atoms with van der Waals surface area (Å²) in [5.41, 5.74) is 5.16. The van der Waals surface area contributed by atoms with Crippen LogP contribution in [0.4, 0.5) is 0 Å². The maximum atomic E-state index is 5.16. The molecule has 0 saturated heterocycles. The first-order valence-electron chi connectivity index (χ1n) is 3.74. The SMILES string of the molecule is CCC#CCNCC#CCN. The summed E-state index contributed by atoms with van der Waals surface area (Å²) in [5, 5.41) is 3.05. The molecule has 0 aliphatic carbocycles. The molecule has 60 valence electrons. The fourth-order valence-electron chi connectivity index (χ4n) is 0.510. The van der Waals surface area contributed by atoms with Crippen LogP contribution in [0.15, 0.2) is 0 Å². The van der Waals surface area contributed by atoms with Crippen molar-refractivity contribution < 1.29 is 0 Å². The molecule has 0 aliphatic heterocycles. The molecule has 0 atom stereocenters. The van der Waals surface area contributed by atoms with Gasteiger partial charge in [0.15, 0.2) is 0 Å². The molecular formula is C9H14N2. The van der Waals surface area contributed by atoms with Crippen molar-refractivity contribution in [2.24, 2.45) is 5.73 Å². The smallest absolute Gasteiger partial charge is 0.0584 e. The first-order chi connectivity index (χ1) is 5.41. The van der Waals surface area contributed by atoms with Gasteiger partial charge in [-0.15, -0.1) is 5.92 Å². The van der Waals surface area contributed by atoms with Crippen LogP contribution < -0.4 is 11.1 Å². The van der Waals surface area contributed by atoms with Crippen molar-refractivity contribution in [3.63, 3.8) is 0 Å². The van der Waals surface area contributed by atoms with Crippen LogP contribution in [-0.4, -0.2) is 19.6 Å². The Bertz CT molecular complexity index is 165. The minimum atomic E-state index is 0.433. The van der Waals surface area contributed by atoms with Crippen LogP contribution in [0.1, 0.15) is 13.3 Å². The zero-order chi connectivity index (χ0) is 8.36. The summed E-state index contributed by atoms with van der Waals surface area (Å²) >= 11 is 0. The van der Waals surface area contributed by atoms with Gasteiger partial charge in [-0.2, -0.15) is 0 Å². The van der Waals surface area contributed by atoms with E-state index < -0.39 is 0 Å². The van der Waals surface area contributed by atoms with Crippen molar-refractivity contribution >= 4 is 0 Å². The second kappa shape index (κ2) is 9.04. The minimum absolute atomic E-state index is 0.433. The molecule has 0 unspecified atom stereocenters. The molecule has 0 radical (unpaired) electrons. The highest BCUT2D eigenvalue weighted by Gasteiger charge is 1.73. The van der Waals surface area contributed by atoms with Crippen LogP contribution in [0, 0.1) is 23.7 Å². The lowest BCUT2D eigenvalue weighted by Crippen LogP contribution is -2.13. The van der Waals surface area contributed by atoms with Gasteiger partial charge in [-0.05, 0) is 0 Å². The van der Waals surface area contributed by atoms with Gasteiger partial charge < -0.3 is 5.73 Å². The molecule has 0 saturated carbocycles. The highest BCUT2D eigenvalue weighted by molar-refractivity contribution is 5.04. The Morgan fingerprint density at radius 1 is 1.09 bits per heavy atom. The number of hydrogen-bond donors (Lipinski definition) is 2. The molecule has 11 heavy (non-hydrogen) atoms. The molecule has 0 bridgehead atoms. The summed E-state index contributed by atoms with van der Waals surface area (Å²) in [6.45, 7) is 3.85. The number of rotatable bonds is 2.